The van der Waals surface area contributed by atoms with Gasteiger partial charge in [-0.05, 0) is 17.2 Å². The molecule has 0 atom stereocenters. The molecule has 0 bridgehead atoms. The Balaban J connectivity index is 2.10. The number of allylic oxidation sites excluding steroid dienone is 5. The van der Waals surface area contributed by atoms with Gasteiger partial charge in [-0.25, -0.2) is 0 Å². The fourth-order valence-electron chi connectivity index (χ4n) is 1.73. The Morgan fingerprint density at radius 2 is 2.06 bits per heavy atom. The number of ether oxygens (including phenoxy) is 1. The first kappa shape index (κ1) is 10.9. The fourth-order valence-corrected chi connectivity index (χ4v) is 1.73. The van der Waals surface area contributed by atoms with Gasteiger partial charge < -0.3 is 15.6 Å². The van der Waals surface area contributed by atoms with Crippen LogP contribution in [0.3, 0.4) is 0 Å². The van der Waals surface area contributed by atoms with Gasteiger partial charge in [0.25, 0.3) is 0 Å². The smallest absolute Gasteiger partial charge is 0.188 e. The van der Waals surface area contributed by atoms with Crippen molar-refractivity contribution < 1.29 is 14.6 Å². The molecule has 0 aromatic rings. The highest BCUT2D eigenvalue weighted by Crippen LogP contribution is 2.30. The van der Waals surface area contributed by atoms with Crippen molar-refractivity contribution in [2.45, 2.75) is 0 Å². The van der Waals surface area contributed by atoms with Crippen LogP contribution in [0, 0.1) is 0 Å². The molecule has 0 spiro atoms. The van der Waals surface area contributed by atoms with Gasteiger partial charge in [0.2, 0.25) is 0 Å². The third-order valence-electron chi connectivity index (χ3n) is 2.45. The Bertz CT molecular complexity index is 441. The van der Waals surface area contributed by atoms with Crippen molar-refractivity contribution in [1.82, 2.24) is 0 Å². The van der Waals surface area contributed by atoms with Gasteiger partial charge in [-0.2, -0.15) is 0 Å². The molecule has 0 saturated carbocycles. The second kappa shape index (κ2) is 4.47. The van der Waals surface area contributed by atoms with Crippen LogP contribution >= 0.6 is 0 Å². The van der Waals surface area contributed by atoms with Gasteiger partial charge in [-0.1, -0.05) is 12.2 Å². The summed E-state index contributed by atoms with van der Waals surface area (Å²) in [7, 11) is 0. The number of aliphatic hydroxyl groups is 1. The minimum absolute atomic E-state index is 0.00636. The van der Waals surface area contributed by atoms with Crippen LogP contribution < -0.4 is 5.73 Å². The van der Waals surface area contributed by atoms with Gasteiger partial charge in [0.15, 0.2) is 5.78 Å². The number of carbonyl (C=O) groups is 1. The van der Waals surface area contributed by atoms with Crippen molar-refractivity contribution in [2.75, 3.05) is 19.8 Å². The highest BCUT2D eigenvalue weighted by molar-refractivity contribution is 6.11. The van der Waals surface area contributed by atoms with E-state index >= 15 is 0 Å². The molecule has 0 aliphatic heterocycles. The van der Waals surface area contributed by atoms with Crippen LogP contribution in [0.15, 0.2) is 46.7 Å². The van der Waals surface area contributed by atoms with E-state index in [1.165, 1.54) is 6.08 Å². The number of rotatable bonds is 4. The standard InChI is InChI=1S/C12H13NO3/c13-9-5-11-8(7-16-4-3-14)1-2-10(11)12(15)6-9/h1-2,5-6,14H,3-4,7,13H2. The largest absolute Gasteiger partial charge is 0.399 e. The van der Waals surface area contributed by atoms with Gasteiger partial charge in [0, 0.05) is 17.3 Å². The molecular weight excluding hydrogens is 206 g/mol. The maximum Gasteiger partial charge on any atom is 0.188 e. The monoisotopic (exact) mass is 219 g/mol. The third-order valence-corrected chi connectivity index (χ3v) is 2.45. The van der Waals surface area contributed by atoms with E-state index in [1.807, 2.05) is 6.08 Å². The molecule has 4 heteroatoms. The zero-order valence-electron chi connectivity index (χ0n) is 8.77. The van der Waals surface area contributed by atoms with E-state index in [-0.39, 0.29) is 12.4 Å². The quantitative estimate of drug-likeness (QED) is 0.663. The summed E-state index contributed by atoms with van der Waals surface area (Å²) in [5.74, 6) is -0.0663. The lowest BCUT2D eigenvalue weighted by molar-refractivity contribution is -0.111. The average Bonchev–Trinajstić information content (AvgIpc) is 2.62. The molecule has 0 unspecified atom stereocenters. The van der Waals surface area contributed by atoms with Gasteiger partial charge in [-0.3, -0.25) is 4.79 Å². The van der Waals surface area contributed by atoms with Crippen molar-refractivity contribution in [2.24, 2.45) is 5.73 Å². The fraction of sp³-hybridized carbons (Fsp3) is 0.250. The molecule has 2 aliphatic rings. The molecule has 0 saturated heterocycles. The predicted octanol–water partition coefficient (Wildman–Crippen LogP) is 0.213. The molecule has 4 nitrogen and oxygen atoms in total. The molecule has 0 heterocycles. The molecule has 3 N–H and O–H groups in total. The van der Waals surface area contributed by atoms with Gasteiger partial charge in [-0.15, -0.1) is 0 Å². The van der Waals surface area contributed by atoms with Crippen molar-refractivity contribution >= 4 is 5.78 Å². The lowest BCUT2D eigenvalue weighted by atomic mass is 9.94. The van der Waals surface area contributed by atoms with E-state index in [9.17, 15) is 4.79 Å². The molecule has 0 aromatic heterocycles. The molecule has 0 aromatic carbocycles. The van der Waals surface area contributed by atoms with E-state index in [2.05, 4.69) is 0 Å². The maximum absolute atomic E-state index is 11.6. The highest BCUT2D eigenvalue weighted by atomic mass is 16.5. The predicted molar refractivity (Wildman–Crippen MR) is 59.4 cm³/mol. The van der Waals surface area contributed by atoms with Crippen LogP contribution in [0.2, 0.25) is 0 Å². The summed E-state index contributed by atoms with van der Waals surface area (Å²) in [6.45, 7) is 0.666. The zero-order chi connectivity index (χ0) is 11.5. The van der Waals surface area contributed by atoms with E-state index in [0.29, 0.717) is 24.5 Å². The van der Waals surface area contributed by atoms with Crippen molar-refractivity contribution in [3.63, 3.8) is 0 Å². The van der Waals surface area contributed by atoms with Gasteiger partial charge >= 0.3 is 0 Å². The third kappa shape index (κ3) is 1.98. The number of fused-ring (bicyclic) bond motifs is 1. The number of carbonyl (C=O) groups excluding carboxylic acids is 1. The Hall–Kier alpha value is -1.65. The van der Waals surface area contributed by atoms with Crippen molar-refractivity contribution in [3.05, 3.63) is 46.7 Å². The SMILES string of the molecule is NC1=CC(=O)C2=CC=C(COCCO)C2=C1. The molecule has 2 rings (SSSR count). The van der Waals surface area contributed by atoms with Crippen molar-refractivity contribution in [1.29, 1.82) is 0 Å². The Morgan fingerprint density at radius 1 is 1.25 bits per heavy atom. The Morgan fingerprint density at radius 3 is 2.81 bits per heavy atom. The summed E-state index contributed by atoms with van der Waals surface area (Å²) in [6.07, 6.45) is 6.81. The average molecular weight is 219 g/mol. The first-order chi connectivity index (χ1) is 7.72. The second-order valence-corrected chi connectivity index (χ2v) is 3.62. The summed E-state index contributed by atoms with van der Waals surface area (Å²) < 4.78 is 5.22. The lowest BCUT2D eigenvalue weighted by Gasteiger charge is -2.13. The van der Waals surface area contributed by atoms with Crippen LogP contribution in [0.4, 0.5) is 0 Å². The summed E-state index contributed by atoms with van der Waals surface area (Å²) in [6, 6.07) is 0. The molecule has 0 amide bonds. The zero-order valence-corrected chi connectivity index (χ0v) is 8.77. The molecule has 16 heavy (non-hydrogen) atoms. The van der Waals surface area contributed by atoms with Gasteiger partial charge in [0.1, 0.15) is 0 Å². The minimum atomic E-state index is -0.0663. The normalized spacial score (nSPS) is 18.7. The van der Waals surface area contributed by atoms with E-state index in [0.717, 1.165) is 11.1 Å². The molecular formula is C12H13NO3. The number of ketones is 1. The van der Waals surface area contributed by atoms with Crippen LogP contribution in [-0.2, 0) is 9.53 Å². The first-order valence-corrected chi connectivity index (χ1v) is 5.06. The molecule has 2 aliphatic carbocycles. The minimum Gasteiger partial charge on any atom is -0.399 e. The maximum atomic E-state index is 11.6. The lowest BCUT2D eigenvalue weighted by Crippen LogP contribution is -2.13. The number of hydrogen-bond donors (Lipinski definition) is 2. The summed E-state index contributed by atoms with van der Waals surface area (Å²) >= 11 is 0. The summed E-state index contributed by atoms with van der Waals surface area (Å²) in [5.41, 5.74) is 8.52. The summed E-state index contributed by atoms with van der Waals surface area (Å²) in [4.78, 5) is 11.6. The Labute approximate surface area is 93.4 Å². The Kier molecular flexibility index (Phi) is 3.03. The van der Waals surface area contributed by atoms with Crippen LogP contribution in [0.25, 0.3) is 0 Å². The summed E-state index contributed by atoms with van der Waals surface area (Å²) in [5, 5.41) is 8.60. The van der Waals surface area contributed by atoms with Crippen LogP contribution in [0.5, 0.6) is 0 Å². The van der Waals surface area contributed by atoms with Crippen molar-refractivity contribution in [3.8, 4) is 0 Å². The molecule has 84 valence electrons. The molecule has 0 fully saturated rings. The highest BCUT2D eigenvalue weighted by Gasteiger charge is 2.23. The van der Waals surface area contributed by atoms with Crippen LogP contribution in [0.1, 0.15) is 0 Å². The number of hydrogen-bond acceptors (Lipinski definition) is 4. The molecule has 0 radical (unpaired) electrons. The van der Waals surface area contributed by atoms with E-state index < -0.39 is 0 Å². The van der Waals surface area contributed by atoms with E-state index in [4.69, 9.17) is 15.6 Å². The van der Waals surface area contributed by atoms with Crippen LogP contribution in [-0.4, -0.2) is 30.7 Å². The topological polar surface area (TPSA) is 72.6 Å². The van der Waals surface area contributed by atoms with E-state index in [1.54, 1.807) is 12.2 Å². The van der Waals surface area contributed by atoms with Gasteiger partial charge in [0.05, 0.1) is 19.8 Å². The first-order valence-electron chi connectivity index (χ1n) is 5.06. The number of aliphatic hydroxyl groups excluding tert-OH is 1. The number of nitrogens with two attached hydrogens (primary N) is 1. The second-order valence-electron chi connectivity index (χ2n) is 3.62.